The summed E-state index contributed by atoms with van der Waals surface area (Å²) in [6.07, 6.45) is 2.45. The lowest BCUT2D eigenvalue weighted by molar-refractivity contribution is -0.131. The number of hydrogen-bond donors (Lipinski definition) is 1. The van der Waals surface area contributed by atoms with E-state index in [0.29, 0.717) is 6.42 Å². The van der Waals surface area contributed by atoms with Crippen LogP contribution in [0.1, 0.15) is 32.0 Å². The standard InChI is InChI=1S/C19H26N4O/c1-19(2,3)17-8-11-23(21-17)16-6-4-15(5-7-16)14-18(24)22-12-9-20-10-13-22/h4-8,11,20H,9-10,12-14H2,1-3H3. The highest BCUT2D eigenvalue weighted by Crippen LogP contribution is 2.21. The zero-order chi connectivity index (χ0) is 17.2. The van der Waals surface area contributed by atoms with E-state index >= 15 is 0 Å². The minimum atomic E-state index is 0.0426. The van der Waals surface area contributed by atoms with Crippen LogP contribution < -0.4 is 5.32 Å². The first kappa shape index (κ1) is 16.7. The van der Waals surface area contributed by atoms with Gasteiger partial charge in [0.2, 0.25) is 5.91 Å². The summed E-state index contributed by atoms with van der Waals surface area (Å²) in [6.45, 7) is 9.86. The van der Waals surface area contributed by atoms with Crippen LogP contribution >= 0.6 is 0 Å². The van der Waals surface area contributed by atoms with Crippen LogP contribution in [0.4, 0.5) is 0 Å². The van der Waals surface area contributed by atoms with Crippen molar-refractivity contribution in [2.24, 2.45) is 0 Å². The molecule has 0 atom stereocenters. The summed E-state index contributed by atoms with van der Waals surface area (Å²) in [5.41, 5.74) is 3.18. The Hall–Kier alpha value is -2.14. The van der Waals surface area contributed by atoms with E-state index in [4.69, 9.17) is 0 Å². The summed E-state index contributed by atoms with van der Waals surface area (Å²) in [7, 11) is 0. The summed E-state index contributed by atoms with van der Waals surface area (Å²) in [6, 6.07) is 10.2. The van der Waals surface area contributed by atoms with E-state index in [-0.39, 0.29) is 11.3 Å². The van der Waals surface area contributed by atoms with E-state index in [9.17, 15) is 4.79 Å². The summed E-state index contributed by atoms with van der Waals surface area (Å²) in [5.74, 6) is 0.207. The number of nitrogens with one attached hydrogen (secondary N) is 1. The maximum atomic E-state index is 12.3. The molecule has 0 radical (unpaired) electrons. The van der Waals surface area contributed by atoms with Crippen LogP contribution in [0.25, 0.3) is 5.69 Å². The Morgan fingerprint density at radius 3 is 2.38 bits per heavy atom. The monoisotopic (exact) mass is 326 g/mol. The number of amides is 1. The maximum Gasteiger partial charge on any atom is 0.227 e. The Morgan fingerprint density at radius 1 is 1.12 bits per heavy atom. The highest BCUT2D eigenvalue weighted by atomic mass is 16.2. The Labute approximate surface area is 143 Å². The first-order chi connectivity index (χ1) is 11.4. The molecule has 0 bridgehead atoms. The summed E-state index contributed by atoms with van der Waals surface area (Å²) in [4.78, 5) is 14.3. The lowest BCUT2D eigenvalue weighted by atomic mass is 9.93. The molecule has 5 nitrogen and oxygen atoms in total. The van der Waals surface area contributed by atoms with E-state index in [2.05, 4.69) is 37.3 Å². The first-order valence-corrected chi connectivity index (χ1v) is 8.57. The van der Waals surface area contributed by atoms with Crippen molar-refractivity contribution >= 4 is 5.91 Å². The minimum absolute atomic E-state index is 0.0426. The van der Waals surface area contributed by atoms with Crippen molar-refractivity contribution in [3.63, 3.8) is 0 Å². The van der Waals surface area contributed by atoms with Gasteiger partial charge in [0.05, 0.1) is 17.8 Å². The fourth-order valence-corrected chi connectivity index (χ4v) is 2.83. The molecule has 2 heterocycles. The molecule has 24 heavy (non-hydrogen) atoms. The van der Waals surface area contributed by atoms with Crippen molar-refractivity contribution in [1.29, 1.82) is 0 Å². The number of rotatable bonds is 3. The molecule has 0 aliphatic carbocycles. The third-order valence-corrected chi connectivity index (χ3v) is 4.38. The van der Waals surface area contributed by atoms with Crippen LogP contribution in [0.3, 0.4) is 0 Å². The molecule has 1 fully saturated rings. The molecular formula is C19H26N4O. The van der Waals surface area contributed by atoms with Gasteiger partial charge in [-0.1, -0.05) is 32.9 Å². The van der Waals surface area contributed by atoms with Crippen molar-refractivity contribution in [3.8, 4) is 5.69 Å². The highest BCUT2D eigenvalue weighted by Gasteiger charge is 2.18. The van der Waals surface area contributed by atoms with Crippen molar-refractivity contribution < 1.29 is 4.79 Å². The van der Waals surface area contributed by atoms with E-state index in [1.54, 1.807) is 0 Å². The fourth-order valence-electron chi connectivity index (χ4n) is 2.83. The zero-order valence-corrected chi connectivity index (χ0v) is 14.7. The van der Waals surface area contributed by atoms with E-state index in [0.717, 1.165) is 43.1 Å². The molecule has 3 rings (SSSR count). The second-order valence-electron chi connectivity index (χ2n) is 7.37. The second kappa shape index (κ2) is 6.77. The van der Waals surface area contributed by atoms with Crippen molar-refractivity contribution in [1.82, 2.24) is 20.0 Å². The number of piperazine rings is 1. The normalized spacial score (nSPS) is 15.5. The molecule has 5 heteroatoms. The third-order valence-electron chi connectivity index (χ3n) is 4.38. The van der Waals surface area contributed by atoms with Gasteiger partial charge in [-0.2, -0.15) is 5.10 Å². The van der Waals surface area contributed by atoms with Crippen LogP contribution in [-0.2, 0) is 16.6 Å². The SMILES string of the molecule is CC(C)(C)c1ccn(-c2ccc(CC(=O)N3CCNCC3)cc2)n1. The molecule has 0 saturated carbocycles. The van der Waals surface area contributed by atoms with Gasteiger partial charge in [0, 0.05) is 37.8 Å². The van der Waals surface area contributed by atoms with Crippen molar-refractivity contribution in [2.45, 2.75) is 32.6 Å². The molecule has 1 aromatic heterocycles. The van der Waals surface area contributed by atoms with Crippen LogP contribution in [0.15, 0.2) is 36.5 Å². The van der Waals surface area contributed by atoms with Crippen LogP contribution in [0.2, 0.25) is 0 Å². The Balaban J connectivity index is 1.67. The molecule has 1 aromatic carbocycles. The number of carbonyl (C=O) groups is 1. The van der Waals surface area contributed by atoms with Crippen LogP contribution in [-0.4, -0.2) is 46.8 Å². The van der Waals surface area contributed by atoms with Gasteiger partial charge in [0.1, 0.15) is 0 Å². The van der Waals surface area contributed by atoms with Crippen molar-refractivity contribution in [3.05, 3.63) is 47.8 Å². The van der Waals surface area contributed by atoms with Crippen LogP contribution in [0, 0.1) is 0 Å². The average Bonchev–Trinajstić information content (AvgIpc) is 3.07. The van der Waals surface area contributed by atoms with E-state index in [1.807, 2.05) is 40.0 Å². The molecule has 0 unspecified atom stereocenters. The first-order valence-electron chi connectivity index (χ1n) is 8.57. The summed E-state index contributed by atoms with van der Waals surface area (Å²) < 4.78 is 1.89. The van der Waals surface area contributed by atoms with Gasteiger partial charge < -0.3 is 10.2 Å². The topological polar surface area (TPSA) is 50.2 Å². The molecule has 2 aromatic rings. The van der Waals surface area contributed by atoms with Crippen molar-refractivity contribution in [2.75, 3.05) is 26.2 Å². The van der Waals surface area contributed by atoms with Gasteiger partial charge in [-0.3, -0.25) is 4.79 Å². The molecule has 1 aliphatic rings. The zero-order valence-electron chi connectivity index (χ0n) is 14.7. The summed E-state index contributed by atoms with van der Waals surface area (Å²) >= 11 is 0. The van der Waals surface area contributed by atoms with Gasteiger partial charge in [-0.05, 0) is 23.8 Å². The maximum absolute atomic E-state index is 12.3. The Kier molecular flexibility index (Phi) is 4.71. The Morgan fingerprint density at radius 2 is 1.79 bits per heavy atom. The smallest absolute Gasteiger partial charge is 0.227 e. The molecule has 128 valence electrons. The summed E-state index contributed by atoms with van der Waals surface area (Å²) in [5, 5.41) is 7.92. The molecule has 1 N–H and O–H groups in total. The van der Waals surface area contributed by atoms with Gasteiger partial charge in [-0.25, -0.2) is 4.68 Å². The van der Waals surface area contributed by atoms with Gasteiger partial charge in [-0.15, -0.1) is 0 Å². The largest absolute Gasteiger partial charge is 0.340 e. The Bertz CT molecular complexity index is 691. The van der Waals surface area contributed by atoms with E-state index in [1.165, 1.54) is 0 Å². The average molecular weight is 326 g/mol. The second-order valence-corrected chi connectivity index (χ2v) is 7.37. The lowest BCUT2D eigenvalue weighted by Crippen LogP contribution is -2.46. The number of aromatic nitrogens is 2. The predicted molar refractivity (Wildman–Crippen MR) is 95.4 cm³/mol. The highest BCUT2D eigenvalue weighted by molar-refractivity contribution is 5.79. The number of hydrogen-bond acceptors (Lipinski definition) is 3. The number of benzene rings is 1. The lowest BCUT2D eigenvalue weighted by Gasteiger charge is -2.27. The van der Waals surface area contributed by atoms with Crippen LogP contribution in [0.5, 0.6) is 0 Å². The number of nitrogens with zero attached hydrogens (tertiary/aromatic N) is 3. The molecular weight excluding hydrogens is 300 g/mol. The van der Waals surface area contributed by atoms with Gasteiger partial charge in [0.15, 0.2) is 0 Å². The molecule has 1 amide bonds. The predicted octanol–water partition coefficient (Wildman–Crippen LogP) is 2.14. The molecule has 1 aliphatic heterocycles. The fraction of sp³-hybridized carbons (Fsp3) is 0.474. The third kappa shape index (κ3) is 3.85. The quantitative estimate of drug-likeness (QED) is 0.940. The number of carbonyl (C=O) groups excluding carboxylic acids is 1. The molecule has 0 spiro atoms. The minimum Gasteiger partial charge on any atom is -0.340 e. The van der Waals surface area contributed by atoms with E-state index < -0.39 is 0 Å². The van der Waals surface area contributed by atoms with Gasteiger partial charge >= 0.3 is 0 Å². The van der Waals surface area contributed by atoms with Gasteiger partial charge in [0.25, 0.3) is 0 Å². The molecule has 1 saturated heterocycles.